The minimum atomic E-state index is -0.790. The Balaban J connectivity index is 1.59. The van der Waals surface area contributed by atoms with Crippen molar-refractivity contribution >= 4 is 23.7 Å². The van der Waals surface area contributed by atoms with Gasteiger partial charge in [-0.2, -0.15) is 0 Å². The quantitative estimate of drug-likeness (QED) is 0.494. The first kappa shape index (κ1) is 19.9. The van der Waals surface area contributed by atoms with E-state index in [-0.39, 0.29) is 42.3 Å². The van der Waals surface area contributed by atoms with Crippen molar-refractivity contribution in [3.63, 3.8) is 0 Å². The summed E-state index contributed by atoms with van der Waals surface area (Å²) in [4.78, 5) is 48.7. The molecule has 3 rings (SSSR count). The first-order valence-corrected chi connectivity index (χ1v) is 9.61. The van der Waals surface area contributed by atoms with E-state index in [0.29, 0.717) is 37.2 Å². The van der Waals surface area contributed by atoms with Crippen LogP contribution in [0.2, 0.25) is 0 Å². The maximum atomic E-state index is 12.9. The number of benzene rings is 1. The number of imide groups is 1. The number of carbonyl (C=O) groups is 4. The van der Waals surface area contributed by atoms with Gasteiger partial charge in [0.05, 0.1) is 23.8 Å². The van der Waals surface area contributed by atoms with Gasteiger partial charge in [-0.25, -0.2) is 0 Å². The van der Waals surface area contributed by atoms with Gasteiger partial charge in [0.1, 0.15) is 5.75 Å². The highest BCUT2D eigenvalue weighted by molar-refractivity contribution is 6.22. The highest BCUT2D eigenvalue weighted by atomic mass is 16.5. The molecule has 0 saturated carbocycles. The molecule has 1 aromatic carbocycles. The molecular weight excluding hydrogens is 364 g/mol. The highest BCUT2D eigenvalue weighted by Gasteiger charge is 2.42. The van der Waals surface area contributed by atoms with E-state index in [0.717, 1.165) is 19.3 Å². The molecule has 1 unspecified atom stereocenters. The zero-order chi connectivity index (χ0) is 20.1. The van der Waals surface area contributed by atoms with E-state index < -0.39 is 5.97 Å². The van der Waals surface area contributed by atoms with Crippen LogP contribution in [0.4, 0.5) is 0 Å². The summed E-state index contributed by atoms with van der Waals surface area (Å²) in [5.74, 6) is -1.19. The van der Waals surface area contributed by atoms with Crippen molar-refractivity contribution in [2.45, 2.75) is 51.0 Å². The number of amides is 3. The average molecular weight is 388 g/mol. The van der Waals surface area contributed by atoms with Gasteiger partial charge in [0, 0.05) is 19.4 Å². The van der Waals surface area contributed by atoms with E-state index in [2.05, 4.69) is 5.32 Å². The number of carbonyl (C=O) groups excluding carboxylic acids is 3. The summed E-state index contributed by atoms with van der Waals surface area (Å²) >= 11 is 0. The molecule has 1 atom stereocenters. The molecule has 3 amide bonds. The maximum Gasteiger partial charge on any atom is 0.303 e. The predicted octanol–water partition coefficient (Wildman–Crippen LogP) is 1.98. The number of fused-ring (bicyclic) bond motifs is 1. The fourth-order valence-electron chi connectivity index (χ4n) is 3.58. The van der Waals surface area contributed by atoms with Crippen LogP contribution in [0.5, 0.6) is 5.75 Å². The summed E-state index contributed by atoms with van der Waals surface area (Å²) < 4.78 is 5.76. The predicted molar refractivity (Wildman–Crippen MR) is 99.2 cm³/mol. The van der Waals surface area contributed by atoms with Crippen molar-refractivity contribution in [3.05, 3.63) is 29.3 Å². The number of ether oxygens (including phenoxy) is 1. The standard InChI is InChI=1S/C20H24N2O6/c23-16-10-9-13(12-21-16)22-19(26)14-6-5-7-15(18(14)20(22)27)28-11-4-2-1-3-8-17(24)25/h5-7,13H,1-4,8-12H2,(H,21,23)(H,24,25). The average Bonchev–Trinajstić information content (AvgIpc) is 2.93. The van der Waals surface area contributed by atoms with Crippen molar-refractivity contribution < 1.29 is 29.0 Å². The third-order valence-electron chi connectivity index (χ3n) is 5.06. The molecule has 0 bridgehead atoms. The number of piperidine rings is 1. The monoisotopic (exact) mass is 388 g/mol. The molecule has 2 N–H and O–H groups in total. The van der Waals surface area contributed by atoms with Crippen molar-refractivity contribution in [2.75, 3.05) is 13.2 Å². The highest BCUT2D eigenvalue weighted by Crippen LogP contribution is 2.33. The zero-order valence-corrected chi connectivity index (χ0v) is 15.6. The largest absolute Gasteiger partial charge is 0.493 e. The smallest absolute Gasteiger partial charge is 0.303 e. The maximum absolute atomic E-state index is 12.9. The molecule has 2 heterocycles. The number of hydrogen-bond acceptors (Lipinski definition) is 5. The van der Waals surface area contributed by atoms with E-state index in [1.54, 1.807) is 18.2 Å². The van der Waals surface area contributed by atoms with Crippen molar-refractivity contribution in [1.29, 1.82) is 0 Å². The number of nitrogens with zero attached hydrogens (tertiary/aromatic N) is 1. The van der Waals surface area contributed by atoms with Crippen LogP contribution in [0, 0.1) is 0 Å². The molecule has 8 heteroatoms. The first-order chi connectivity index (χ1) is 13.5. The van der Waals surface area contributed by atoms with E-state index in [1.807, 2.05) is 0 Å². The Morgan fingerprint density at radius 3 is 2.64 bits per heavy atom. The summed E-state index contributed by atoms with van der Waals surface area (Å²) in [7, 11) is 0. The first-order valence-electron chi connectivity index (χ1n) is 9.61. The molecule has 8 nitrogen and oxygen atoms in total. The SMILES string of the molecule is O=C(O)CCCCCCOc1cccc2c1C(=O)N(C1CCC(=O)NC1)C2=O. The number of unbranched alkanes of at least 4 members (excludes halogenated alkanes) is 3. The molecule has 28 heavy (non-hydrogen) atoms. The van der Waals surface area contributed by atoms with Gasteiger partial charge in [0.15, 0.2) is 0 Å². The number of nitrogens with one attached hydrogen (secondary N) is 1. The van der Waals surface area contributed by atoms with Crippen molar-refractivity contribution in [2.24, 2.45) is 0 Å². The Bertz CT molecular complexity index is 781. The lowest BCUT2D eigenvalue weighted by Gasteiger charge is -2.29. The summed E-state index contributed by atoms with van der Waals surface area (Å²) in [6.45, 7) is 0.668. The van der Waals surface area contributed by atoms with Crippen molar-refractivity contribution in [3.8, 4) is 5.75 Å². The molecule has 0 radical (unpaired) electrons. The van der Waals surface area contributed by atoms with Crippen LogP contribution >= 0.6 is 0 Å². The van der Waals surface area contributed by atoms with Gasteiger partial charge in [-0.05, 0) is 31.4 Å². The minimum absolute atomic E-state index is 0.0692. The lowest BCUT2D eigenvalue weighted by Crippen LogP contribution is -2.50. The second-order valence-corrected chi connectivity index (χ2v) is 7.06. The third-order valence-corrected chi connectivity index (χ3v) is 5.06. The number of aliphatic carboxylic acids is 1. The molecule has 2 aliphatic rings. The van der Waals surface area contributed by atoms with E-state index in [9.17, 15) is 19.2 Å². The topological polar surface area (TPSA) is 113 Å². The fraction of sp³-hybridized carbons (Fsp3) is 0.500. The van der Waals surface area contributed by atoms with Gasteiger partial charge < -0.3 is 15.2 Å². The van der Waals surface area contributed by atoms with Crippen LogP contribution in [0.25, 0.3) is 0 Å². The van der Waals surface area contributed by atoms with Crippen LogP contribution in [0.15, 0.2) is 18.2 Å². The van der Waals surface area contributed by atoms with Crippen LogP contribution in [0.3, 0.4) is 0 Å². The second kappa shape index (κ2) is 8.86. The van der Waals surface area contributed by atoms with Crippen LogP contribution in [0.1, 0.15) is 65.7 Å². The van der Waals surface area contributed by atoms with Gasteiger partial charge >= 0.3 is 5.97 Å². The van der Waals surface area contributed by atoms with Crippen molar-refractivity contribution in [1.82, 2.24) is 10.2 Å². The second-order valence-electron chi connectivity index (χ2n) is 7.06. The molecule has 1 saturated heterocycles. The summed E-state index contributed by atoms with van der Waals surface area (Å²) in [6, 6.07) is 4.65. The van der Waals surface area contributed by atoms with Gasteiger partial charge in [-0.15, -0.1) is 0 Å². The molecule has 150 valence electrons. The van der Waals surface area contributed by atoms with E-state index in [4.69, 9.17) is 9.84 Å². The van der Waals surface area contributed by atoms with E-state index >= 15 is 0 Å². The Morgan fingerprint density at radius 2 is 1.93 bits per heavy atom. The minimum Gasteiger partial charge on any atom is -0.493 e. The molecule has 1 fully saturated rings. The van der Waals surface area contributed by atoms with Gasteiger partial charge in [-0.1, -0.05) is 18.9 Å². The molecule has 2 aliphatic heterocycles. The number of carboxylic acids is 1. The summed E-state index contributed by atoms with van der Waals surface area (Å²) in [5, 5.41) is 11.3. The van der Waals surface area contributed by atoms with Crippen LogP contribution in [-0.2, 0) is 9.59 Å². The molecule has 0 aliphatic carbocycles. The lowest BCUT2D eigenvalue weighted by atomic mass is 10.1. The van der Waals surface area contributed by atoms with Crippen LogP contribution < -0.4 is 10.1 Å². The third kappa shape index (κ3) is 4.32. The summed E-state index contributed by atoms with van der Waals surface area (Å²) in [6.07, 6.45) is 3.94. The lowest BCUT2D eigenvalue weighted by molar-refractivity contribution is -0.137. The Hall–Kier alpha value is -2.90. The number of carboxylic acid groups (broad SMARTS) is 1. The van der Waals surface area contributed by atoms with Crippen LogP contribution in [-0.4, -0.2) is 52.9 Å². The van der Waals surface area contributed by atoms with E-state index in [1.165, 1.54) is 4.90 Å². The number of hydrogen-bond donors (Lipinski definition) is 2. The zero-order valence-electron chi connectivity index (χ0n) is 15.6. The van der Waals surface area contributed by atoms with Gasteiger partial charge in [0.25, 0.3) is 11.8 Å². The molecular formula is C20H24N2O6. The molecule has 0 aromatic heterocycles. The molecule has 1 aromatic rings. The Kier molecular flexibility index (Phi) is 6.28. The Morgan fingerprint density at radius 1 is 1.14 bits per heavy atom. The van der Waals surface area contributed by atoms with Gasteiger partial charge in [-0.3, -0.25) is 24.1 Å². The molecule has 0 spiro atoms. The normalized spacial score (nSPS) is 18.8. The number of rotatable bonds is 9. The fourth-order valence-corrected chi connectivity index (χ4v) is 3.58. The van der Waals surface area contributed by atoms with Gasteiger partial charge in [0.2, 0.25) is 5.91 Å². The Labute approximate surface area is 162 Å². The summed E-state index contributed by atoms with van der Waals surface area (Å²) in [5.41, 5.74) is 0.621.